The molecular formula is C13H17BrClNO4S. The van der Waals surface area contributed by atoms with Gasteiger partial charge in [0.2, 0.25) is 0 Å². The Morgan fingerprint density at radius 1 is 1.38 bits per heavy atom. The Bertz CT molecular complexity index is 619. The number of carbonyl (C=O) groups excluding carboxylic acids is 1. The number of nitrogens with one attached hydrogen (secondary N) is 1. The van der Waals surface area contributed by atoms with Crippen LogP contribution < -0.4 is 5.32 Å². The second-order valence-corrected chi connectivity index (χ2v) is 7.83. The van der Waals surface area contributed by atoms with Gasteiger partial charge in [0.15, 0.2) is 0 Å². The van der Waals surface area contributed by atoms with E-state index < -0.39 is 9.05 Å². The highest BCUT2D eigenvalue weighted by atomic mass is 79.9. The van der Waals surface area contributed by atoms with E-state index in [-0.39, 0.29) is 16.4 Å². The lowest BCUT2D eigenvalue weighted by Crippen LogP contribution is -2.25. The Morgan fingerprint density at radius 2 is 2.05 bits per heavy atom. The zero-order chi connectivity index (χ0) is 16.0. The van der Waals surface area contributed by atoms with Crippen molar-refractivity contribution >= 4 is 41.6 Å². The van der Waals surface area contributed by atoms with Gasteiger partial charge in [-0.15, -0.1) is 0 Å². The normalized spacial score (nSPS) is 11.4. The summed E-state index contributed by atoms with van der Waals surface area (Å²) in [5.41, 5.74) is 0.892. The summed E-state index contributed by atoms with van der Waals surface area (Å²) >= 11 is 3.17. The fourth-order valence-electron chi connectivity index (χ4n) is 1.72. The smallest absolute Gasteiger partial charge is 0.262 e. The molecule has 0 fully saturated rings. The molecule has 0 aliphatic heterocycles. The zero-order valence-electron chi connectivity index (χ0n) is 11.8. The third-order valence-electron chi connectivity index (χ3n) is 2.81. The number of ether oxygens (including phenoxy) is 1. The van der Waals surface area contributed by atoms with Gasteiger partial charge in [0.1, 0.15) is 0 Å². The Balaban J connectivity index is 2.84. The van der Waals surface area contributed by atoms with Crippen molar-refractivity contribution in [3.63, 3.8) is 0 Å². The molecular weight excluding hydrogens is 382 g/mol. The molecule has 0 aromatic heterocycles. The standard InChI is InChI=1S/C13H17BrClNO4S/c1-9-7-10(8-11(12(9)14)21(15,18)19)13(17)16-5-3-4-6-20-2/h7-8H,3-6H2,1-2H3,(H,16,17). The quantitative estimate of drug-likeness (QED) is 0.566. The number of halogens is 2. The van der Waals surface area contributed by atoms with E-state index in [1.807, 2.05) is 0 Å². The number of amides is 1. The van der Waals surface area contributed by atoms with Gasteiger partial charge in [0.25, 0.3) is 15.0 Å². The number of unbranched alkanes of at least 4 members (excludes halogenated alkanes) is 1. The van der Waals surface area contributed by atoms with Gasteiger partial charge in [0, 0.05) is 41.0 Å². The van der Waals surface area contributed by atoms with Crippen molar-refractivity contribution in [3.8, 4) is 0 Å². The van der Waals surface area contributed by atoms with Crippen LogP contribution in [0.4, 0.5) is 0 Å². The maximum absolute atomic E-state index is 12.0. The first-order valence-electron chi connectivity index (χ1n) is 6.29. The molecule has 21 heavy (non-hydrogen) atoms. The summed E-state index contributed by atoms with van der Waals surface area (Å²) in [5, 5.41) is 2.74. The Labute approximate surface area is 137 Å². The second kappa shape index (κ2) is 8.12. The molecule has 5 nitrogen and oxygen atoms in total. The summed E-state index contributed by atoms with van der Waals surface area (Å²) < 4.78 is 28.3. The van der Waals surface area contributed by atoms with E-state index in [2.05, 4.69) is 21.2 Å². The second-order valence-electron chi connectivity index (χ2n) is 4.50. The number of methoxy groups -OCH3 is 1. The van der Waals surface area contributed by atoms with Gasteiger partial charge in [0.05, 0.1) is 4.90 Å². The van der Waals surface area contributed by atoms with Crippen molar-refractivity contribution in [3.05, 3.63) is 27.7 Å². The van der Waals surface area contributed by atoms with Crippen LogP contribution in [0, 0.1) is 6.92 Å². The van der Waals surface area contributed by atoms with Gasteiger partial charge in [-0.05, 0) is 53.4 Å². The van der Waals surface area contributed by atoms with E-state index in [4.69, 9.17) is 15.4 Å². The third kappa shape index (κ3) is 5.58. The van der Waals surface area contributed by atoms with Gasteiger partial charge in [-0.1, -0.05) is 0 Å². The highest BCUT2D eigenvalue weighted by Crippen LogP contribution is 2.29. The molecule has 1 aromatic carbocycles. The van der Waals surface area contributed by atoms with Crippen LogP contribution >= 0.6 is 26.6 Å². The summed E-state index contributed by atoms with van der Waals surface area (Å²) in [4.78, 5) is 11.9. The minimum Gasteiger partial charge on any atom is -0.385 e. The van der Waals surface area contributed by atoms with E-state index in [9.17, 15) is 13.2 Å². The van der Waals surface area contributed by atoms with Crippen LogP contribution in [-0.2, 0) is 13.8 Å². The molecule has 1 amide bonds. The van der Waals surface area contributed by atoms with Gasteiger partial charge >= 0.3 is 0 Å². The lowest BCUT2D eigenvalue weighted by molar-refractivity contribution is 0.0951. The first kappa shape index (κ1) is 18.4. The van der Waals surface area contributed by atoms with Crippen LogP contribution in [0.1, 0.15) is 28.8 Å². The highest BCUT2D eigenvalue weighted by Gasteiger charge is 2.19. The molecule has 0 heterocycles. The SMILES string of the molecule is COCCCCNC(=O)c1cc(C)c(Br)c(S(=O)(=O)Cl)c1. The van der Waals surface area contributed by atoms with Gasteiger partial charge in [-0.3, -0.25) is 4.79 Å². The number of aryl methyl sites for hydroxylation is 1. The average Bonchev–Trinajstić information content (AvgIpc) is 2.39. The Morgan fingerprint density at radius 3 is 2.62 bits per heavy atom. The Hall–Kier alpha value is -0.630. The molecule has 0 unspecified atom stereocenters. The summed E-state index contributed by atoms with van der Waals surface area (Å²) in [6, 6.07) is 2.88. The molecule has 0 bridgehead atoms. The predicted octanol–water partition coefficient (Wildman–Crippen LogP) is 2.84. The van der Waals surface area contributed by atoms with Crippen molar-refractivity contribution in [2.24, 2.45) is 0 Å². The molecule has 0 spiro atoms. The fraction of sp³-hybridized carbons (Fsp3) is 0.462. The van der Waals surface area contributed by atoms with E-state index in [0.717, 1.165) is 12.8 Å². The number of benzene rings is 1. The molecule has 0 aliphatic carbocycles. The number of carbonyl (C=O) groups is 1. The van der Waals surface area contributed by atoms with Crippen LogP contribution in [0.5, 0.6) is 0 Å². The monoisotopic (exact) mass is 397 g/mol. The maximum Gasteiger partial charge on any atom is 0.262 e. The predicted molar refractivity (Wildman–Crippen MR) is 85.4 cm³/mol. The number of rotatable bonds is 7. The van der Waals surface area contributed by atoms with Crippen molar-refractivity contribution in [2.45, 2.75) is 24.7 Å². The van der Waals surface area contributed by atoms with E-state index >= 15 is 0 Å². The minimum absolute atomic E-state index is 0.103. The molecule has 0 radical (unpaired) electrons. The molecule has 0 saturated carbocycles. The third-order valence-corrected chi connectivity index (χ3v) is 5.47. The van der Waals surface area contributed by atoms with Crippen LogP contribution in [-0.4, -0.2) is 34.6 Å². The summed E-state index contributed by atoms with van der Waals surface area (Å²) in [5.74, 6) is -0.329. The summed E-state index contributed by atoms with van der Waals surface area (Å²) in [6.45, 7) is 2.84. The van der Waals surface area contributed by atoms with Gasteiger partial charge in [-0.2, -0.15) is 0 Å². The molecule has 1 N–H and O–H groups in total. The van der Waals surface area contributed by atoms with Crippen LogP contribution in [0.3, 0.4) is 0 Å². The summed E-state index contributed by atoms with van der Waals surface area (Å²) in [7, 11) is 3.08. The van der Waals surface area contributed by atoms with E-state index in [1.54, 1.807) is 20.1 Å². The fourth-order valence-corrected chi connectivity index (χ4v) is 3.88. The van der Waals surface area contributed by atoms with Crippen LogP contribution in [0.2, 0.25) is 0 Å². The zero-order valence-corrected chi connectivity index (χ0v) is 14.9. The lowest BCUT2D eigenvalue weighted by atomic mass is 10.1. The first-order chi connectivity index (χ1) is 9.77. The van der Waals surface area contributed by atoms with Crippen molar-refractivity contribution < 1.29 is 17.9 Å². The summed E-state index contributed by atoms with van der Waals surface area (Å²) in [6.07, 6.45) is 1.63. The molecule has 1 aromatic rings. The first-order valence-corrected chi connectivity index (χ1v) is 9.39. The molecule has 1 rings (SSSR count). The topological polar surface area (TPSA) is 72.5 Å². The number of hydrogen-bond acceptors (Lipinski definition) is 4. The minimum atomic E-state index is -3.92. The van der Waals surface area contributed by atoms with Gasteiger partial charge < -0.3 is 10.1 Å². The molecule has 0 aliphatic rings. The molecule has 8 heteroatoms. The van der Waals surface area contributed by atoms with Crippen molar-refractivity contribution in [1.82, 2.24) is 5.32 Å². The van der Waals surface area contributed by atoms with Crippen LogP contribution in [0.15, 0.2) is 21.5 Å². The Kier molecular flexibility index (Phi) is 7.12. The van der Waals surface area contributed by atoms with Crippen molar-refractivity contribution in [1.29, 1.82) is 0 Å². The molecule has 118 valence electrons. The largest absolute Gasteiger partial charge is 0.385 e. The van der Waals surface area contributed by atoms with Crippen LogP contribution in [0.25, 0.3) is 0 Å². The van der Waals surface area contributed by atoms with E-state index in [1.165, 1.54) is 6.07 Å². The highest BCUT2D eigenvalue weighted by molar-refractivity contribution is 9.10. The average molecular weight is 399 g/mol. The van der Waals surface area contributed by atoms with Gasteiger partial charge in [-0.25, -0.2) is 8.42 Å². The molecule has 0 saturated heterocycles. The van der Waals surface area contributed by atoms with E-state index in [0.29, 0.717) is 23.2 Å². The van der Waals surface area contributed by atoms with Crippen molar-refractivity contribution in [2.75, 3.05) is 20.3 Å². The number of hydrogen-bond donors (Lipinski definition) is 1. The maximum atomic E-state index is 12.0. The molecule has 0 atom stereocenters. The lowest BCUT2D eigenvalue weighted by Gasteiger charge is -2.09.